The zero-order valence-corrected chi connectivity index (χ0v) is 9.65. The second-order valence-corrected chi connectivity index (χ2v) is 4.37. The van der Waals surface area contributed by atoms with Gasteiger partial charge in [0.2, 0.25) is 0 Å². The quantitative estimate of drug-likeness (QED) is 0.685. The molecule has 96 valence electrons. The summed E-state index contributed by atoms with van der Waals surface area (Å²) in [5.74, 6) is 0. The van der Waals surface area contributed by atoms with E-state index in [-0.39, 0.29) is 6.42 Å². The predicted octanol–water partition coefficient (Wildman–Crippen LogP) is 2.40. The Hall–Kier alpha value is -0.290. The summed E-state index contributed by atoms with van der Waals surface area (Å²) in [6, 6.07) is 0. The number of nitrogens with zero attached hydrogens (tertiary/aromatic N) is 1. The second kappa shape index (κ2) is 7.12. The smallest absolute Gasteiger partial charge is 0.315 e. The Morgan fingerprint density at radius 1 is 1.00 bits per heavy atom. The van der Waals surface area contributed by atoms with Crippen LogP contribution in [0.2, 0.25) is 0 Å². The van der Waals surface area contributed by atoms with Crippen molar-refractivity contribution in [3.8, 4) is 0 Å². The molecule has 0 bridgehead atoms. The number of halogens is 3. The van der Waals surface area contributed by atoms with Crippen LogP contribution in [0.5, 0.6) is 0 Å². The Morgan fingerprint density at radius 3 is 2.31 bits per heavy atom. The molecule has 0 amide bonds. The molecule has 0 aromatic carbocycles. The molecule has 2 nitrogen and oxygen atoms in total. The van der Waals surface area contributed by atoms with Crippen LogP contribution in [0, 0.1) is 0 Å². The molecule has 16 heavy (non-hydrogen) atoms. The van der Waals surface area contributed by atoms with Crippen LogP contribution in [-0.4, -0.2) is 43.8 Å². The van der Waals surface area contributed by atoms with E-state index in [4.69, 9.17) is 0 Å². The first-order chi connectivity index (χ1) is 7.58. The van der Waals surface area contributed by atoms with Gasteiger partial charge in [-0.1, -0.05) is 0 Å². The van der Waals surface area contributed by atoms with E-state index in [1.165, 1.54) is 25.9 Å². The lowest BCUT2D eigenvalue weighted by Crippen LogP contribution is -2.30. The van der Waals surface area contributed by atoms with Gasteiger partial charge in [-0.25, -0.2) is 0 Å². The van der Waals surface area contributed by atoms with E-state index in [1.54, 1.807) is 0 Å². The third kappa shape index (κ3) is 7.06. The summed E-state index contributed by atoms with van der Waals surface area (Å²) < 4.78 is 35.4. The first-order valence-electron chi connectivity index (χ1n) is 6.08. The van der Waals surface area contributed by atoms with Crippen LogP contribution in [-0.2, 0) is 0 Å². The van der Waals surface area contributed by atoms with Crippen LogP contribution in [0.3, 0.4) is 0 Å². The minimum Gasteiger partial charge on any atom is -0.315 e. The number of likely N-dealkylation sites (tertiary alicyclic amines) is 1. The molecule has 5 heteroatoms. The van der Waals surface area contributed by atoms with Gasteiger partial charge in [0.05, 0.1) is 0 Å². The van der Waals surface area contributed by atoms with E-state index in [2.05, 4.69) is 10.2 Å². The van der Waals surface area contributed by atoms with E-state index in [0.29, 0.717) is 13.0 Å². The van der Waals surface area contributed by atoms with Gasteiger partial charge in [-0.15, -0.1) is 0 Å². The Kier molecular flexibility index (Phi) is 6.13. The van der Waals surface area contributed by atoms with E-state index in [1.807, 2.05) is 0 Å². The Labute approximate surface area is 95.2 Å². The van der Waals surface area contributed by atoms with Gasteiger partial charge in [-0.2, -0.15) is 13.2 Å². The molecule has 1 aliphatic rings. The lowest BCUT2D eigenvalue weighted by atomic mass is 10.2. The highest BCUT2D eigenvalue weighted by atomic mass is 19.4. The minimum absolute atomic E-state index is 0.236. The van der Waals surface area contributed by atoms with E-state index in [0.717, 1.165) is 13.1 Å². The van der Waals surface area contributed by atoms with Gasteiger partial charge in [0, 0.05) is 19.5 Å². The number of unbranched alkanes of at least 4 members (excludes halogenated alkanes) is 1. The molecule has 0 unspecified atom stereocenters. The van der Waals surface area contributed by atoms with Gasteiger partial charge >= 0.3 is 6.18 Å². The summed E-state index contributed by atoms with van der Waals surface area (Å²) in [4.78, 5) is 2.39. The molecule has 1 heterocycles. The summed E-state index contributed by atoms with van der Waals surface area (Å²) in [6.07, 6.45) is -1.23. The fourth-order valence-corrected chi connectivity index (χ4v) is 1.94. The average Bonchev–Trinajstić information content (AvgIpc) is 2.67. The van der Waals surface area contributed by atoms with Gasteiger partial charge in [0.1, 0.15) is 0 Å². The summed E-state index contributed by atoms with van der Waals surface area (Å²) >= 11 is 0. The number of alkyl halides is 3. The van der Waals surface area contributed by atoms with Gasteiger partial charge in [0.25, 0.3) is 0 Å². The highest BCUT2D eigenvalue weighted by Gasteiger charge is 2.25. The minimum atomic E-state index is -3.99. The average molecular weight is 238 g/mol. The van der Waals surface area contributed by atoms with Crippen LogP contribution in [0.1, 0.15) is 32.1 Å². The molecular weight excluding hydrogens is 217 g/mol. The molecule has 0 aromatic rings. The predicted molar refractivity (Wildman–Crippen MR) is 58.4 cm³/mol. The standard InChI is InChI=1S/C11H21F3N2/c12-11(13,14)5-1-2-6-15-7-10-16-8-3-4-9-16/h15H,1-10H2. The molecule has 0 saturated carbocycles. The number of nitrogens with one attached hydrogen (secondary N) is 1. The molecule has 0 aliphatic carbocycles. The van der Waals surface area contributed by atoms with Gasteiger partial charge in [-0.05, 0) is 45.3 Å². The molecule has 0 atom stereocenters. The first-order valence-corrected chi connectivity index (χ1v) is 6.08. The van der Waals surface area contributed by atoms with Crippen molar-refractivity contribution in [3.63, 3.8) is 0 Å². The molecule has 0 spiro atoms. The maximum absolute atomic E-state index is 11.8. The van der Waals surface area contributed by atoms with E-state index < -0.39 is 12.6 Å². The topological polar surface area (TPSA) is 15.3 Å². The highest BCUT2D eigenvalue weighted by Crippen LogP contribution is 2.21. The van der Waals surface area contributed by atoms with Crippen LogP contribution in [0.15, 0.2) is 0 Å². The molecule has 1 rings (SSSR count). The molecule has 1 fully saturated rings. The largest absolute Gasteiger partial charge is 0.389 e. The fourth-order valence-electron chi connectivity index (χ4n) is 1.94. The molecule has 1 saturated heterocycles. The van der Waals surface area contributed by atoms with E-state index >= 15 is 0 Å². The maximum Gasteiger partial charge on any atom is 0.389 e. The first kappa shape index (κ1) is 13.8. The fraction of sp³-hybridized carbons (Fsp3) is 1.00. The van der Waals surface area contributed by atoms with Crippen molar-refractivity contribution >= 4 is 0 Å². The Balaban J connectivity index is 1.81. The molecule has 1 N–H and O–H groups in total. The van der Waals surface area contributed by atoms with Crippen molar-refractivity contribution in [2.75, 3.05) is 32.7 Å². The van der Waals surface area contributed by atoms with Crippen LogP contribution >= 0.6 is 0 Å². The van der Waals surface area contributed by atoms with Crippen molar-refractivity contribution in [2.45, 2.75) is 38.3 Å². The lowest BCUT2D eigenvalue weighted by molar-refractivity contribution is -0.135. The molecule has 0 aromatic heterocycles. The number of hydrogen-bond acceptors (Lipinski definition) is 2. The summed E-state index contributed by atoms with van der Waals surface area (Å²) in [7, 11) is 0. The van der Waals surface area contributed by atoms with Crippen LogP contribution in [0.25, 0.3) is 0 Å². The lowest BCUT2D eigenvalue weighted by Gasteiger charge is -2.14. The summed E-state index contributed by atoms with van der Waals surface area (Å²) in [5, 5.41) is 3.19. The number of rotatable bonds is 7. The van der Waals surface area contributed by atoms with Crippen molar-refractivity contribution in [3.05, 3.63) is 0 Å². The summed E-state index contributed by atoms with van der Waals surface area (Å²) in [6.45, 7) is 4.97. The van der Waals surface area contributed by atoms with Crippen LogP contribution in [0.4, 0.5) is 13.2 Å². The van der Waals surface area contributed by atoms with Crippen molar-refractivity contribution in [1.82, 2.24) is 10.2 Å². The van der Waals surface area contributed by atoms with Crippen molar-refractivity contribution < 1.29 is 13.2 Å². The zero-order valence-electron chi connectivity index (χ0n) is 9.65. The Bertz CT molecular complexity index is 177. The van der Waals surface area contributed by atoms with Crippen molar-refractivity contribution in [2.24, 2.45) is 0 Å². The van der Waals surface area contributed by atoms with Crippen LogP contribution < -0.4 is 5.32 Å². The molecule has 1 aliphatic heterocycles. The normalized spacial score (nSPS) is 18.2. The third-order valence-electron chi connectivity index (χ3n) is 2.87. The highest BCUT2D eigenvalue weighted by molar-refractivity contribution is 4.66. The zero-order chi connectivity index (χ0) is 11.9. The number of hydrogen-bond donors (Lipinski definition) is 1. The molecule has 0 radical (unpaired) electrons. The molecular formula is C11H21F3N2. The van der Waals surface area contributed by atoms with Gasteiger partial charge in [0.15, 0.2) is 0 Å². The van der Waals surface area contributed by atoms with E-state index in [9.17, 15) is 13.2 Å². The third-order valence-corrected chi connectivity index (χ3v) is 2.87. The van der Waals surface area contributed by atoms with Gasteiger partial charge < -0.3 is 10.2 Å². The van der Waals surface area contributed by atoms with Gasteiger partial charge in [-0.3, -0.25) is 0 Å². The SMILES string of the molecule is FC(F)(F)CCCCNCCN1CCCC1. The van der Waals surface area contributed by atoms with Crippen molar-refractivity contribution in [1.29, 1.82) is 0 Å². The monoisotopic (exact) mass is 238 g/mol. The Morgan fingerprint density at radius 2 is 1.69 bits per heavy atom. The summed E-state index contributed by atoms with van der Waals surface area (Å²) in [5.41, 5.74) is 0. The second-order valence-electron chi connectivity index (χ2n) is 4.37. The maximum atomic E-state index is 11.8.